The van der Waals surface area contributed by atoms with Crippen molar-refractivity contribution < 1.29 is 19.0 Å². The van der Waals surface area contributed by atoms with Gasteiger partial charge in [-0.3, -0.25) is 4.90 Å². The highest BCUT2D eigenvalue weighted by molar-refractivity contribution is 5.86. The lowest BCUT2D eigenvalue weighted by Gasteiger charge is -2.32. The Morgan fingerprint density at radius 2 is 1.97 bits per heavy atom. The van der Waals surface area contributed by atoms with Gasteiger partial charge in [-0.2, -0.15) is 0 Å². The van der Waals surface area contributed by atoms with Crippen LogP contribution in [-0.4, -0.2) is 60.8 Å². The average Bonchev–Trinajstić information content (AvgIpc) is 2.75. The minimum atomic E-state index is -0.483. The average molecular weight is 400 g/mol. The van der Waals surface area contributed by atoms with Gasteiger partial charge in [-0.15, -0.1) is 0 Å². The molecule has 1 saturated heterocycles. The highest BCUT2D eigenvalue weighted by Crippen LogP contribution is 2.29. The fourth-order valence-corrected chi connectivity index (χ4v) is 3.40. The number of carbonyl (C=O) groups excluding carboxylic acids is 1. The molecule has 0 unspecified atom stereocenters. The van der Waals surface area contributed by atoms with Crippen LogP contribution < -0.4 is 14.8 Å². The fourth-order valence-electron chi connectivity index (χ4n) is 3.40. The van der Waals surface area contributed by atoms with Gasteiger partial charge in [-0.1, -0.05) is 6.07 Å². The molecule has 2 heterocycles. The predicted molar refractivity (Wildman–Crippen MR) is 109 cm³/mol. The standard InChI is InChI=1S/C21H28N4O4/c1-4-29-19-11-15(5-6-18(19)27-2)14-25-9-7-16(8-10-25)24-20-13-22-17(12-23-20)21(26)28-3/h5-6,11-13,16H,4,7-10,14H2,1-3H3,(H,23,24). The first kappa shape index (κ1) is 20.9. The zero-order valence-corrected chi connectivity index (χ0v) is 17.2. The number of hydrogen-bond donors (Lipinski definition) is 1. The molecule has 0 spiro atoms. The maximum atomic E-state index is 11.4. The molecule has 8 heteroatoms. The van der Waals surface area contributed by atoms with Gasteiger partial charge in [0.2, 0.25) is 0 Å². The lowest BCUT2D eigenvalue weighted by atomic mass is 10.0. The van der Waals surface area contributed by atoms with E-state index in [4.69, 9.17) is 9.47 Å². The normalized spacial score (nSPS) is 15.0. The van der Waals surface area contributed by atoms with Crippen LogP contribution in [-0.2, 0) is 11.3 Å². The van der Waals surface area contributed by atoms with E-state index < -0.39 is 5.97 Å². The van der Waals surface area contributed by atoms with Gasteiger partial charge in [0.1, 0.15) is 5.82 Å². The lowest BCUT2D eigenvalue weighted by molar-refractivity contribution is 0.0593. The van der Waals surface area contributed by atoms with E-state index in [2.05, 4.69) is 37.1 Å². The van der Waals surface area contributed by atoms with Crippen LogP contribution in [0.1, 0.15) is 35.8 Å². The van der Waals surface area contributed by atoms with Crippen molar-refractivity contribution in [2.75, 3.05) is 39.2 Å². The Morgan fingerprint density at radius 1 is 1.17 bits per heavy atom. The fraction of sp³-hybridized carbons (Fsp3) is 0.476. The van der Waals surface area contributed by atoms with Crippen molar-refractivity contribution in [2.45, 2.75) is 32.4 Å². The maximum absolute atomic E-state index is 11.4. The minimum absolute atomic E-state index is 0.207. The first-order valence-corrected chi connectivity index (χ1v) is 9.82. The Bertz CT molecular complexity index is 805. The van der Waals surface area contributed by atoms with Crippen LogP contribution in [0.15, 0.2) is 30.6 Å². The SMILES string of the molecule is CCOc1cc(CN2CCC(Nc3cnc(C(=O)OC)cn3)CC2)ccc1OC. The molecule has 0 radical (unpaired) electrons. The summed E-state index contributed by atoms with van der Waals surface area (Å²) in [6.07, 6.45) is 5.03. The largest absolute Gasteiger partial charge is 0.493 e. The van der Waals surface area contributed by atoms with Gasteiger partial charge in [0.25, 0.3) is 0 Å². The number of likely N-dealkylation sites (tertiary alicyclic amines) is 1. The van der Waals surface area contributed by atoms with Crippen molar-refractivity contribution >= 4 is 11.8 Å². The number of nitrogens with zero attached hydrogens (tertiary/aromatic N) is 3. The number of ether oxygens (including phenoxy) is 3. The molecule has 1 aromatic carbocycles. The summed E-state index contributed by atoms with van der Waals surface area (Å²) >= 11 is 0. The molecule has 1 fully saturated rings. The molecule has 0 atom stereocenters. The zero-order valence-electron chi connectivity index (χ0n) is 17.2. The maximum Gasteiger partial charge on any atom is 0.358 e. The van der Waals surface area contributed by atoms with Crippen LogP contribution in [0.3, 0.4) is 0 Å². The topological polar surface area (TPSA) is 85.8 Å². The number of benzene rings is 1. The molecular formula is C21H28N4O4. The van der Waals surface area contributed by atoms with Crippen LogP contribution in [0.4, 0.5) is 5.82 Å². The van der Waals surface area contributed by atoms with Crippen molar-refractivity contribution in [1.82, 2.24) is 14.9 Å². The summed E-state index contributed by atoms with van der Waals surface area (Å²) in [4.78, 5) is 22.2. The second-order valence-electron chi connectivity index (χ2n) is 6.89. The molecule has 0 bridgehead atoms. The third-order valence-electron chi connectivity index (χ3n) is 4.92. The van der Waals surface area contributed by atoms with E-state index in [1.54, 1.807) is 13.3 Å². The molecule has 1 N–H and O–H groups in total. The Labute approximate surface area is 171 Å². The molecular weight excluding hydrogens is 372 g/mol. The van der Waals surface area contributed by atoms with Crippen molar-refractivity contribution in [1.29, 1.82) is 0 Å². The van der Waals surface area contributed by atoms with E-state index in [-0.39, 0.29) is 5.69 Å². The van der Waals surface area contributed by atoms with Gasteiger partial charge >= 0.3 is 5.97 Å². The molecule has 1 aliphatic heterocycles. The van der Waals surface area contributed by atoms with Crippen LogP contribution in [0.25, 0.3) is 0 Å². The zero-order chi connectivity index (χ0) is 20.6. The van der Waals surface area contributed by atoms with E-state index in [0.29, 0.717) is 18.5 Å². The molecule has 2 aromatic rings. The van der Waals surface area contributed by atoms with Gasteiger partial charge in [0.05, 0.1) is 33.2 Å². The third-order valence-corrected chi connectivity index (χ3v) is 4.92. The van der Waals surface area contributed by atoms with E-state index in [9.17, 15) is 4.79 Å². The third kappa shape index (κ3) is 5.57. The first-order chi connectivity index (χ1) is 14.1. The van der Waals surface area contributed by atoms with Crippen LogP contribution in [0.5, 0.6) is 11.5 Å². The smallest absolute Gasteiger partial charge is 0.358 e. The van der Waals surface area contributed by atoms with Crippen molar-refractivity contribution in [3.8, 4) is 11.5 Å². The highest BCUT2D eigenvalue weighted by atomic mass is 16.5. The van der Waals surface area contributed by atoms with Gasteiger partial charge < -0.3 is 19.5 Å². The predicted octanol–water partition coefficient (Wildman–Crippen LogP) is 2.75. The lowest BCUT2D eigenvalue weighted by Crippen LogP contribution is -2.38. The van der Waals surface area contributed by atoms with Crippen molar-refractivity contribution in [3.63, 3.8) is 0 Å². The van der Waals surface area contributed by atoms with Gasteiger partial charge in [0.15, 0.2) is 17.2 Å². The monoisotopic (exact) mass is 400 g/mol. The van der Waals surface area contributed by atoms with Crippen LogP contribution in [0.2, 0.25) is 0 Å². The van der Waals surface area contributed by atoms with Gasteiger partial charge in [-0.25, -0.2) is 14.8 Å². The molecule has 1 aliphatic rings. The summed E-state index contributed by atoms with van der Waals surface area (Å²) in [6.45, 7) is 5.44. The number of anilines is 1. The number of piperidine rings is 1. The summed E-state index contributed by atoms with van der Waals surface area (Å²) in [5.74, 6) is 1.74. The molecule has 0 aliphatic carbocycles. The van der Waals surface area contributed by atoms with E-state index in [1.807, 2.05) is 13.0 Å². The summed E-state index contributed by atoms with van der Waals surface area (Å²) in [5, 5.41) is 3.40. The quantitative estimate of drug-likeness (QED) is 0.677. The first-order valence-electron chi connectivity index (χ1n) is 9.82. The van der Waals surface area contributed by atoms with Crippen LogP contribution in [0, 0.1) is 0 Å². The Balaban J connectivity index is 1.50. The van der Waals surface area contributed by atoms with Crippen molar-refractivity contribution in [2.24, 2.45) is 0 Å². The molecule has 29 heavy (non-hydrogen) atoms. The summed E-state index contributed by atoms with van der Waals surface area (Å²) in [6, 6.07) is 6.44. The molecule has 1 aromatic heterocycles. The van der Waals surface area contributed by atoms with Crippen LogP contribution >= 0.6 is 0 Å². The Morgan fingerprint density at radius 3 is 2.59 bits per heavy atom. The summed E-state index contributed by atoms with van der Waals surface area (Å²) in [5.41, 5.74) is 1.42. The molecule has 0 amide bonds. The second kappa shape index (κ2) is 10.1. The van der Waals surface area contributed by atoms with Gasteiger partial charge in [0, 0.05) is 25.7 Å². The Kier molecular flexibility index (Phi) is 7.24. The molecule has 3 rings (SSSR count). The molecule has 0 saturated carbocycles. The van der Waals surface area contributed by atoms with E-state index >= 15 is 0 Å². The van der Waals surface area contributed by atoms with Crippen molar-refractivity contribution in [3.05, 3.63) is 41.9 Å². The number of hydrogen-bond acceptors (Lipinski definition) is 8. The van der Waals surface area contributed by atoms with Gasteiger partial charge in [-0.05, 0) is 37.5 Å². The number of aromatic nitrogens is 2. The number of methoxy groups -OCH3 is 2. The molecule has 8 nitrogen and oxygen atoms in total. The number of rotatable bonds is 8. The minimum Gasteiger partial charge on any atom is -0.493 e. The Hall–Kier alpha value is -2.87. The molecule has 156 valence electrons. The summed E-state index contributed by atoms with van der Waals surface area (Å²) in [7, 11) is 2.98. The second-order valence-corrected chi connectivity index (χ2v) is 6.89. The summed E-state index contributed by atoms with van der Waals surface area (Å²) < 4.78 is 15.7. The van der Waals surface area contributed by atoms with E-state index in [1.165, 1.54) is 18.9 Å². The van der Waals surface area contributed by atoms with E-state index in [0.717, 1.165) is 44.0 Å². The number of esters is 1. The number of carbonyl (C=O) groups is 1. The highest BCUT2D eigenvalue weighted by Gasteiger charge is 2.20. The number of nitrogens with one attached hydrogen (secondary N) is 1.